The van der Waals surface area contributed by atoms with Gasteiger partial charge in [0.25, 0.3) is 0 Å². The van der Waals surface area contributed by atoms with Crippen LogP contribution in [0.4, 0.5) is 0 Å². The van der Waals surface area contributed by atoms with E-state index in [1.165, 1.54) is 7.11 Å². The molecule has 0 bridgehead atoms. The molecular weight excluding hydrogens is 632 g/mol. The zero-order valence-electron chi connectivity index (χ0n) is 28.5. The third kappa shape index (κ3) is 13.2. The lowest BCUT2D eigenvalue weighted by molar-refractivity contribution is -0.152. The van der Waals surface area contributed by atoms with Crippen molar-refractivity contribution in [3.63, 3.8) is 0 Å². The molecule has 0 saturated heterocycles. The van der Waals surface area contributed by atoms with E-state index in [1.807, 2.05) is 67.6 Å². The van der Waals surface area contributed by atoms with Gasteiger partial charge in [0.2, 0.25) is 0 Å². The molecule has 0 aromatic heterocycles. The highest BCUT2D eigenvalue weighted by Crippen LogP contribution is 2.41. The molecule has 266 valence electrons. The number of carbonyl (C=O) groups excluding carboxylic acids is 3. The fourth-order valence-corrected chi connectivity index (χ4v) is 4.97. The summed E-state index contributed by atoms with van der Waals surface area (Å²) in [5, 5.41) is 20.5. The first-order chi connectivity index (χ1) is 23.6. The van der Waals surface area contributed by atoms with Crippen molar-refractivity contribution in [2.75, 3.05) is 46.8 Å². The van der Waals surface area contributed by atoms with Crippen molar-refractivity contribution >= 4 is 17.9 Å². The Balaban J connectivity index is 1.57. The number of hydrogen-bond donors (Lipinski definition) is 2. The van der Waals surface area contributed by atoms with Crippen LogP contribution in [0.3, 0.4) is 0 Å². The standard InChI is InChI=1S/C38H48O11/c1-4-9-35(41)48-26-31(39)24-46-33-13-8-12-29(14-17-33)38(2,28-10-6-5-7-11-28)30-15-18-34(19-16-30)47-25-32(40)27-49-37(43)21-20-36(42)45-23-22-44-3/h5-7,10-19,31-32,39-40H,4,8-9,20-27H2,1-3H3. The molecule has 0 aliphatic heterocycles. The van der Waals surface area contributed by atoms with Crippen LogP contribution in [-0.4, -0.2) is 87.1 Å². The van der Waals surface area contributed by atoms with Gasteiger partial charge in [-0.05, 0) is 60.8 Å². The number of rotatable bonds is 21. The van der Waals surface area contributed by atoms with Gasteiger partial charge in [-0.2, -0.15) is 0 Å². The summed E-state index contributed by atoms with van der Waals surface area (Å²) in [7, 11) is 1.49. The fourth-order valence-electron chi connectivity index (χ4n) is 4.97. The van der Waals surface area contributed by atoms with E-state index in [0.29, 0.717) is 30.8 Å². The summed E-state index contributed by atoms with van der Waals surface area (Å²) in [5.41, 5.74) is 2.58. The predicted molar refractivity (Wildman–Crippen MR) is 182 cm³/mol. The second kappa shape index (κ2) is 20.8. The Kier molecular flexibility index (Phi) is 16.6. The number of aliphatic hydroxyl groups excluding tert-OH is 2. The van der Waals surface area contributed by atoms with Gasteiger partial charge in [-0.3, -0.25) is 14.4 Å². The minimum Gasteiger partial charge on any atom is -0.491 e. The van der Waals surface area contributed by atoms with E-state index >= 15 is 0 Å². The van der Waals surface area contributed by atoms with Crippen molar-refractivity contribution in [3.8, 4) is 5.75 Å². The monoisotopic (exact) mass is 680 g/mol. The zero-order valence-corrected chi connectivity index (χ0v) is 28.5. The van der Waals surface area contributed by atoms with E-state index < -0.39 is 29.6 Å². The SMILES string of the molecule is CCCC(=O)OCC(O)COC1=CCC=C(C(C)(c2ccccc2)c2ccc(OCC(O)COC(=O)CCC(=O)OCCOC)cc2)C=C1. The van der Waals surface area contributed by atoms with E-state index in [2.05, 4.69) is 25.1 Å². The number of esters is 3. The Labute approximate surface area is 288 Å². The molecule has 0 fully saturated rings. The van der Waals surface area contributed by atoms with Crippen molar-refractivity contribution in [2.45, 2.75) is 63.6 Å². The van der Waals surface area contributed by atoms with Gasteiger partial charge in [-0.1, -0.05) is 61.5 Å². The number of hydrogen-bond acceptors (Lipinski definition) is 11. The topological polar surface area (TPSA) is 147 Å². The average molecular weight is 681 g/mol. The maximum atomic E-state index is 11.9. The Morgan fingerprint density at radius 1 is 0.714 bits per heavy atom. The highest BCUT2D eigenvalue weighted by Gasteiger charge is 2.32. The van der Waals surface area contributed by atoms with Crippen LogP contribution in [0.25, 0.3) is 0 Å². The quantitative estimate of drug-likeness (QED) is 0.107. The summed E-state index contributed by atoms with van der Waals surface area (Å²) >= 11 is 0. The summed E-state index contributed by atoms with van der Waals surface area (Å²) < 4.78 is 31.4. The molecule has 0 spiro atoms. The number of carbonyl (C=O) groups is 3. The number of benzene rings is 2. The Morgan fingerprint density at radius 2 is 1.31 bits per heavy atom. The summed E-state index contributed by atoms with van der Waals surface area (Å²) in [6.07, 6.45) is 7.27. The lowest BCUT2D eigenvalue weighted by Gasteiger charge is -2.33. The van der Waals surface area contributed by atoms with Gasteiger partial charge in [0.1, 0.15) is 56.8 Å². The minimum absolute atomic E-state index is 0.00835. The smallest absolute Gasteiger partial charge is 0.306 e. The molecule has 3 atom stereocenters. The minimum atomic E-state index is -1.06. The maximum absolute atomic E-state index is 11.9. The summed E-state index contributed by atoms with van der Waals surface area (Å²) in [4.78, 5) is 35.2. The van der Waals surface area contributed by atoms with Crippen LogP contribution in [-0.2, 0) is 43.5 Å². The van der Waals surface area contributed by atoms with Crippen LogP contribution in [0.1, 0.15) is 57.1 Å². The van der Waals surface area contributed by atoms with Crippen LogP contribution >= 0.6 is 0 Å². The van der Waals surface area contributed by atoms with Crippen LogP contribution in [0.5, 0.6) is 5.75 Å². The third-order valence-corrected chi connectivity index (χ3v) is 7.74. The van der Waals surface area contributed by atoms with Crippen molar-refractivity contribution in [2.24, 2.45) is 0 Å². The number of methoxy groups -OCH3 is 1. The first-order valence-corrected chi connectivity index (χ1v) is 16.5. The molecule has 1 aliphatic carbocycles. The lowest BCUT2D eigenvalue weighted by Crippen LogP contribution is -2.26. The first-order valence-electron chi connectivity index (χ1n) is 16.5. The third-order valence-electron chi connectivity index (χ3n) is 7.74. The van der Waals surface area contributed by atoms with E-state index in [9.17, 15) is 24.6 Å². The van der Waals surface area contributed by atoms with Gasteiger partial charge in [-0.25, -0.2) is 0 Å². The van der Waals surface area contributed by atoms with Gasteiger partial charge >= 0.3 is 17.9 Å². The van der Waals surface area contributed by atoms with Gasteiger partial charge in [0.05, 0.1) is 19.4 Å². The van der Waals surface area contributed by atoms with Crippen molar-refractivity contribution in [1.29, 1.82) is 0 Å². The largest absolute Gasteiger partial charge is 0.491 e. The van der Waals surface area contributed by atoms with Crippen LogP contribution in [0, 0.1) is 0 Å². The molecule has 11 heteroatoms. The molecule has 2 aromatic carbocycles. The van der Waals surface area contributed by atoms with Crippen LogP contribution < -0.4 is 4.74 Å². The zero-order chi connectivity index (χ0) is 35.5. The molecule has 0 radical (unpaired) electrons. The first kappa shape index (κ1) is 39.0. The molecule has 2 N–H and O–H groups in total. The highest BCUT2D eigenvalue weighted by molar-refractivity contribution is 5.77. The van der Waals surface area contributed by atoms with Crippen molar-refractivity contribution in [1.82, 2.24) is 0 Å². The molecule has 0 amide bonds. The Bertz CT molecular complexity index is 1410. The molecule has 2 aromatic rings. The Morgan fingerprint density at radius 3 is 1.94 bits per heavy atom. The number of aliphatic hydroxyl groups is 2. The highest BCUT2D eigenvalue weighted by atomic mass is 16.6. The van der Waals surface area contributed by atoms with Crippen molar-refractivity contribution in [3.05, 3.63) is 101 Å². The van der Waals surface area contributed by atoms with Crippen LogP contribution in [0.2, 0.25) is 0 Å². The Hall–Kier alpha value is -4.45. The molecule has 0 saturated carbocycles. The summed E-state index contributed by atoms with van der Waals surface area (Å²) in [5.74, 6) is -0.348. The molecule has 3 unspecified atom stereocenters. The number of allylic oxidation sites excluding steroid dienone is 5. The summed E-state index contributed by atoms with van der Waals surface area (Å²) in [6.45, 7) is 3.93. The molecule has 0 heterocycles. The lowest BCUT2D eigenvalue weighted by atomic mass is 9.70. The molecule has 49 heavy (non-hydrogen) atoms. The second-order valence-electron chi connectivity index (χ2n) is 11.6. The molecule has 3 rings (SSSR count). The maximum Gasteiger partial charge on any atom is 0.306 e. The van der Waals surface area contributed by atoms with E-state index in [0.717, 1.165) is 16.7 Å². The van der Waals surface area contributed by atoms with Gasteiger partial charge < -0.3 is 38.6 Å². The predicted octanol–water partition coefficient (Wildman–Crippen LogP) is 4.74. The van der Waals surface area contributed by atoms with Gasteiger partial charge in [-0.15, -0.1) is 0 Å². The normalized spacial score (nSPS) is 15.0. The van der Waals surface area contributed by atoms with E-state index in [4.69, 9.17) is 28.4 Å². The average Bonchev–Trinajstić information content (AvgIpc) is 3.37. The summed E-state index contributed by atoms with van der Waals surface area (Å²) in [6, 6.07) is 17.7. The van der Waals surface area contributed by atoms with Crippen LogP contribution in [0.15, 0.2) is 90.2 Å². The molecule has 11 nitrogen and oxygen atoms in total. The molecule has 1 aliphatic rings. The van der Waals surface area contributed by atoms with E-state index in [1.54, 1.807) is 0 Å². The van der Waals surface area contributed by atoms with Gasteiger partial charge in [0.15, 0.2) is 0 Å². The van der Waals surface area contributed by atoms with E-state index in [-0.39, 0.29) is 58.5 Å². The molecular formula is C38H48O11. The second-order valence-corrected chi connectivity index (χ2v) is 11.6. The fraction of sp³-hybridized carbons (Fsp3) is 0.447. The number of ether oxygens (including phenoxy) is 6. The van der Waals surface area contributed by atoms with Crippen molar-refractivity contribution < 1.29 is 53.0 Å². The van der Waals surface area contributed by atoms with Gasteiger partial charge in [0, 0.05) is 18.9 Å².